The molecule has 1 fully saturated rings. The molecule has 1 aromatic rings. The van der Waals surface area contributed by atoms with Crippen molar-refractivity contribution < 1.29 is 13.3 Å². The smallest absolute Gasteiger partial charge is 0.258 e. The number of aryl methyl sites for hydroxylation is 1. The van der Waals surface area contributed by atoms with E-state index in [1.807, 2.05) is 0 Å². The van der Waals surface area contributed by atoms with Gasteiger partial charge in [0.1, 0.15) is 0 Å². The lowest BCUT2D eigenvalue weighted by atomic mass is 9.72. The second kappa shape index (κ2) is 6.51. The maximum atomic E-state index is 12.4. The second-order valence-corrected chi connectivity index (χ2v) is 8.99. The number of nitrogens with one attached hydrogen (secondary N) is 1. The normalized spacial score (nSPS) is 22.3. The molecule has 0 heterocycles. The van der Waals surface area contributed by atoms with Gasteiger partial charge in [-0.25, -0.2) is 4.83 Å². The zero-order valence-electron chi connectivity index (χ0n) is 14.4. The highest BCUT2D eigenvalue weighted by Gasteiger charge is 2.30. The van der Waals surface area contributed by atoms with Crippen molar-refractivity contribution in [1.29, 1.82) is 0 Å². The maximum Gasteiger partial charge on any atom is 0.276 e. The monoisotopic (exact) mass is 353 g/mol. The highest BCUT2D eigenvalue weighted by Crippen LogP contribution is 2.37. The van der Waals surface area contributed by atoms with Gasteiger partial charge >= 0.3 is 0 Å². The van der Waals surface area contributed by atoms with Crippen molar-refractivity contribution in [3.8, 4) is 0 Å². The lowest BCUT2D eigenvalue weighted by Gasteiger charge is -2.34. The molecule has 0 aromatic heterocycles. The molecule has 0 amide bonds. The van der Waals surface area contributed by atoms with E-state index in [-0.39, 0.29) is 16.0 Å². The Morgan fingerprint density at radius 2 is 2.04 bits per heavy atom. The van der Waals surface area contributed by atoms with Crippen LogP contribution in [0.2, 0.25) is 0 Å². The summed E-state index contributed by atoms with van der Waals surface area (Å²) in [5, 5.41) is 15.1. The highest BCUT2D eigenvalue weighted by atomic mass is 32.2. The molecule has 0 aliphatic heterocycles. The summed E-state index contributed by atoms with van der Waals surface area (Å²) in [4.78, 5) is 12.5. The lowest BCUT2D eigenvalue weighted by Crippen LogP contribution is -2.30. The molecule has 0 radical (unpaired) electrons. The molecule has 1 aromatic carbocycles. The van der Waals surface area contributed by atoms with Gasteiger partial charge in [-0.2, -0.15) is 13.5 Å². The third-order valence-corrected chi connectivity index (χ3v) is 5.39. The topological polar surface area (TPSA) is 102 Å². The van der Waals surface area contributed by atoms with E-state index in [1.54, 1.807) is 6.92 Å². The van der Waals surface area contributed by atoms with E-state index in [1.165, 1.54) is 12.1 Å². The molecule has 1 unspecified atom stereocenters. The van der Waals surface area contributed by atoms with E-state index >= 15 is 0 Å². The SMILES string of the molecule is Cc1ccc(S(=O)(=O)N/N=C2\CC(C)CC(C)(C)C2)cc1[N+](=O)[O-]. The maximum absolute atomic E-state index is 12.4. The van der Waals surface area contributed by atoms with Gasteiger partial charge in [-0.3, -0.25) is 10.1 Å². The fourth-order valence-electron chi connectivity index (χ4n) is 3.33. The quantitative estimate of drug-likeness (QED) is 0.662. The Kier molecular flexibility index (Phi) is 4.98. The Labute approximate surface area is 142 Å². The van der Waals surface area contributed by atoms with Crippen molar-refractivity contribution >= 4 is 21.4 Å². The van der Waals surface area contributed by atoms with Crippen molar-refractivity contribution in [1.82, 2.24) is 4.83 Å². The fourth-order valence-corrected chi connectivity index (χ4v) is 4.20. The molecule has 1 N–H and O–H groups in total. The van der Waals surface area contributed by atoms with E-state index in [9.17, 15) is 18.5 Å². The summed E-state index contributed by atoms with van der Waals surface area (Å²) in [6.07, 6.45) is 2.55. The van der Waals surface area contributed by atoms with Gasteiger partial charge in [-0.1, -0.05) is 26.8 Å². The van der Waals surface area contributed by atoms with Gasteiger partial charge < -0.3 is 0 Å². The summed E-state index contributed by atoms with van der Waals surface area (Å²) >= 11 is 0. The minimum absolute atomic E-state index is 0.0879. The second-order valence-electron chi connectivity index (χ2n) is 7.33. The first kappa shape index (κ1) is 18.4. The van der Waals surface area contributed by atoms with Crippen LogP contribution >= 0.6 is 0 Å². The van der Waals surface area contributed by atoms with E-state index in [4.69, 9.17) is 0 Å². The summed E-state index contributed by atoms with van der Waals surface area (Å²) < 4.78 is 24.7. The Bertz CT molecular complexity index is 785. The number of nitro groups is 1. The first-order chi connectivity index (χ1) is 11.0. The molecule has 1 aliphatic rings. The summed E-state index contributed by atoms with van der Waals surface area (Å²) in [7, 11) is -3.93. The number of hydrazone groups is 1. The molecule has 132 valence electrons. The number of nitro benzene ring substituents is 1. The number of benzene rings is 1. The van der Waals surface area contributed by atoms with E-state index in [2.05, 4.69) is 30.7 Å². The molecule has 1 atom stereocenters. The van der Waals surface area contributed by atoms with Gasteiger partial charge in [0.15, 0.2) is 0 Å². The summed E-state index contributed by atoms with van der Waals surface area (Å²) in [5.41, 5.74) is 1.08. The van der Waals surface area contributed by atoms with Crippen LogP contribution in [-0.2, 0) is 10.0 Å². The van der Waals surface area contributed by atoms with Gasteiger partial charge in [-0.05, 0) is 43.6 Å². The zero-order valence-corrected chi connectivity index (χ0v) is 15.2. The first-order valence-electron chi connectivity index (χ1n) is 7.82. The van der Waals surface area contributed by atoms with E-state index in [0.29, 0.717) is 11.5 Å². The van der Waals surface area contributed by atoms with Crippen LogP contribution in [0.1, 0.15) is 45.6 Å². The molecular formula is C16H23N3O4S. The van der Waals surface area contributed by atoms with E-state index in [0.717, 1.165) is 31.0 Å². The minimum Gasteiger partial charge on any atom is -0.258 e. The number of rotatable bonds is 4. The third-order valence-electron chi connectivity index (χ3n) is 4.18. The van der Waals surface area contributed by atoms with Crippen LogP contribution in [0, 0.1) is 28.4 Å². The van der Waals surface area contributed by atoms with Gasteiger partial charge in [0.05, 0.1) is 9.82 Å². The summed E-state index contributed by atoms with van der Waals surface area (Å²) in [5.74, 6) is 0.442. The van der Waals surface area contributed by atoms with Crippen LogP contribution in [0.15, 0.2) is 28.2 Å². The molecule has 0 bridgehead atoms. The predicted molar refractivity (Wildman–Crippen MR) is 92.4 cm³/mol. The molecule has 7 nitrogen and oxygen atoms in total. The standard InChI is InChI=1S/C16H23N3O4S/c1-11-7-13(10-16(3,4)9-11)17-18-24(22,23)14-6-5-12(2)15(8-14)19(20)21/h5-6,8,11,18H,7,9-10H2,1-4H3/b17-13+. The van der Waals surface area contributed by atoms with Gasteiger partial charge in [0.2, 0.25) is 0 Å². The average Bonchev–Trinajstić information content (AvgIpc) is 2.43. The Morgan fingerprint density at radius 3 is 2.62 bits per heavy atom. The Hall–Kier alpha value is -1.96. The van der Waals surface area contributed by atoms with Crippen molar-refractivity contribution in [2.45, 2.75) is 51.9 Å². The van der Waals surface area contributed by atoms with Crippen LogP contribution in [0.25, 0.3) is 0 Å². The van der Waals surface area contributed by atoms with Crippen LogP contribution in [0.4, 0.5) is 5.69 Å². The Balaban J connectivity index is 2.24. The fraction of sp³-hybridized carbons (Fsp3) is 0.562. The van der Waals surface area contributed by atoms with Crippen LogP contribution in [0.5, 0.6) is 0 Å². The molecule has 0 spiro atoms. The van der Waals surface area contributed by atoms with Crippen molar-refractivity contribution in [2.24, 2.45) is 16.4 Å². The molecule has 1 aliphatic carbocycles. The third kappa shape index (κ3) is 4.31. The van der Waals surface area contributed by atoms with Crippen molar-refractivity contribution in [3.05, 3.63) is 33.9 Å². The molecule has 1 saturated carbocycles. The molecule has 24 heavy (non-hydrogen) atoms. The average molecular weight is 353 g/mol. The summed E-state index contributed by atoms with van der Waals surface area (Å²) in [6, 6.07) is 3.83. The van der Waals surface area contributed by atoms with Crippen LogP contribution in [-0.4, -0.2) is 19.1 Å². The number of sulfonamides is 1. The van der Waals surface area contributed by atoms with Gasteiger partial charge in [-0.15, -0.1) is 0 Å². The summed E-state index contributed by atoms with van der Waals surface area (Å²) in [6.45, 7) is 7.95. The molecule has 8 heteroatoms. The zero-order chi connectivity index (χ0) is 18.1. The highest BCUT2D eigenvalue weighted by molar-refractivity contribution is 7.89. The number of hydrogen-bond donors (Lipinski definition) is 1. The van der Waals surface area contributed by atoms with Crippen LogP contribution in [0.3, 0.4) is 0 Å². The predicted octanol–water partition coefficient (Wildman–Crippen LogP) is 3.38. The molecule has 0 saturated heterocycles. The van der Waals surface area contributed by atoms with Crippen LogP contribution < -0.4 is 4.83 Å². The molecule has 2 rings (SSSR count). The first-order valence-corrected chi connectivity index (χ1v) is 9.31. The van der Waals surface area contributed by atoms with Crippen molar-refractivity contribution in [3.63, 3.8) is 0 Å². The molecular weight excluding hydrogens is 330 g/mol. The largest absolute Gasteiger partial charge is 0.276 e. The van der Waals surface area contributed by atoms with Crippen molar-refractivity contribution in [2.75, 3.05) is 0 Å². The van der Waals surface area contributed by atoms with Gasteiger partial charge in [0.25, 0.3) is 15.7 Å². The minimum atomic E-state index is -3.93. The lowest BCUT2D eigenvalue weighted by molar-refractivity contribution is -0.385. The van der Waals surface area contributed by atoms with E-state index < -0.39 is 14.9 Å². The van der Waals surface area contributed by atoms with Gasteiger partial charge in [0, 0.05) is 17.3 Å². The number of hydrogen-bond acceptors (Lipinski definition) is 5. The number of nitrogens with zero attached hydrogens (tertiary/aromatic N) is 2. The Morgan fingerprint density at radius 1 is 1.38 bits per heavy atom.